The average Bonchev–Trinajstić information content (AvgIpc) is 2.81. The number of hydrogen-bond donors (Lipinski definition) is 2. The Balaban J connectivity index is 2.32. The van der Waals surface area contributed by atoms with E-state index in [9.17, 15) is 14.6 Å². The second kappa shape index (κ2) is 5.47. The number of aliphatic hydroxyl groups excluding tert-OH is 2. The summed E-state index contributed by atoms with van der Waals surface area (Å²) < 4.78 is 13.6. The van der Waals surface area contributed by atoms with Gasteiger partial charge < -0.3 is 15.1 Å². The summed E-state index contributed by atoms with van der Waals surface area (Å²) in [6.07, 6.45) is -0.106. The number of halogens is 1. The normalized spacial score (nSPS) is 22.6. The van der Waals surface area contributed by atoms with E-state index in [-0.39, 0.29) is 17.8 Å². The van der Waals surface area contributed by atoms with Gasteiger partial charge in [0.2, 0.25) is 0 Å². The molecule has 19 heavy (non-hydrogen) atoms. The van der Waals surface area contributed by atoms with Crippen LogP contribution in [0.25, 0.3) is 0 Å². The van der Waals surface area contributed by atoms with Crippen LogP contribution in [-0.2, 0) is 0 Å². The van der Waals surface area contributed by atoms with Crippen molar-refractivity contribution in [2.24, 2.45) is 5.92 Å². The number of hydrogen-bond acceptors (Lipinski definition) is 3. The van der Waals surface area contributed by atoms with Crippen molar-refractivity contribution in [3.8, 4) is 0 Å². The Hall–Kier alpha value is -1.13. The molecule has 2 rings (SSSR count). The Labute approximate surface area is 113 Å². The number of rotatable bonds is 3. The van der Waals surface area contributed by atoms with Crippen molar-refractivity contribution in [2.45, 2.75) is 39.4 Å². The zero-order chi connectivity index (χ0) is 14.2. The topological polar surface area (TPSA) is 43.7 Å². The molecule has 0 aliphatic carbocycles. The highest BCUT2D eigenvalue weighted by Gasteiger charge is 2.28. The smallest absolute Gasteiger partial charge is 0.126 e. The molecule has 4 heteroatoms. The minimum absolute atomic E-state index is 0.243. The molecule has 0 radical (unpaired) electrons. The van der Waals surface area contributed by atoms with E-state index >= 15 is 0 Å². The van der Waals surface area contributed by atoms with Gasteiger partial charge in [-0.25, -0.2) is 4.39 Å². The molecule has 106 valence electrons. The van der Waals surface area contributed by atoms with Gasteiger partial charge in [0, 0.05) is 30.3 Å². The minimum Gasteiger partial charge on any atom is -0.393 e. The van der Waals surface area contributed by atoms with Crippen LogP contribution in [0.4, 0.5) is 10.1 Å². The van der Waals surface area contributed by atoms with E-state index in [2.05, 4.69) is 4.90 Å². The largest absolute Gasteiger partial charge is 0.393 e. The highest BCUT2D eigenvalue weighted by molar-refractivity contribution is 5.57. The minimum atomic E-state index is -0.698. The number of nitrogens with zero attached hydrogens (tertiary/aromatic N) is 1. The average molecular weight is 267 g/mol. The summed E-state index contributed by atoms with van der Waals surface area (Å²) in [4.78, 5) is 2.13. The van der Waals surface area contributed by atoms with Crippen LogP contribution in [0.5, 0.6) is 0 Å². The van der Waals surface area contributed by atoms with Gasteiger partial charge in [0.25, 0.3) is 0 Å². The first kappa shape index (κ1) is 14.3. The quantitative estimate of drug-likeness (QED) is 0.884. The van der Waals surface area contributed by atoms with Crippen LogP contribution in [0.3, 0.4) is 0 Å². The lowest BCUT2D eigenvalue weighted by Gasteiger charge is -2.24. The second-order valence-corrected chi connectivity index (χ2v) is 5.57. The summed E-state index contributed by atoms with van der Waals surface area (Å²) >= 11 is 0. The van der Waals surface area contributed by atoms with Gasteiger partial charge in [-0.1, -0.05) is 0 Å². The predicted octanol–water partition coefficient (Wildman–Crippen LogP) is 2.39. The van der Waals surface area contributed by atoms with Crippen molar-refractivity contribution in [1.82, 2.24) is 0 Å². The fourth-order valence-corrected chi connectivity index (χ4v) is 2.69. The maximum absolute atomic E-state index is 13.6. The first-order chi connectivity index (χ1) is 8.90. The van der Waals surface area contributed by atoms with Gasteiger partial charge in [-0.05, 0) is 44.9 Å². The Bertz CT molecular complexity index is 460. The Morgan fingerprint density at radius 1 is 1.32 bits per heavy atom. The molecule has 1 saturated heterocycles. The zero-order valence-electron chi connectivity index (χ0n) is 11.7. The van der Waals surface area contributed by atoms with Crippen molar-refractivity contribution >= 4 is 5.69 Å². The molecule has 1 fully saturated rings. The highest BCUT2D eigenvalue weighted by atomic mass is 19.1. The third kappa shape index (κ3) is 2.90. The summed E-state index contributed by atoms with van der Waals surface area (Å²) in [6, 6.07) is 3.22. The van der Waals surface area contributed by atoms with Crippen molar-refractivity contribution < 1.29 is 14.6 Å². The van der Waals surface area contributed by atoms with Crippen LogP contribution in [0.1, 0.15) is 37.5 Å². The Morgan fingerprint density at radius 3 is 2.53 bits per heavy atom. The highest BCUT2D eigenvalue weighted by Crippen LogP contribution is 2.33. The first-order valence-electron chi connectivity index (χ1n) is 6.81. The van der Waals surface area contributed by atoms with Crippen molar-refractivity contribution in [1.29, 1.82) is 0 Å². The van der Waals surface area contributed by atoms with E-state index in [1.807, 2.05) is 0 Å². The lowest BCUT2D eigenvalue weighted by molar-refractivity contribution is 0.136. The second-order valence-electron chi connectivity index (χ2n) is 5.57. The maximum atomic E-state index is 13.6. The van der Waals surface area contributed by atoms with Crippen LogP contribution in [0.2, 0.25) is 0 Å². The van der Waals surface area contributed by atoms with Gasteiger partial charge in [0.15, 0.2) is 0 Å². The lowest BCUT2D eigenvalue weighted by atomic mass is 10.0. The van der Waals surface area contributed by atoms with E-state index < -0.39 is 6.10 Å². The summed E-state index contributed by atoms with van der Waals surface area (Å²) in [6.45, 7) is 6.77. The molecule has 0 spiro atoms. The molecule has 0 bridgehead atoms. The van der Waals surface area contributed by atoms with E-state index in [1.165, 1.54) is 6.07 Å². The Kier molecular flexibility index (Phi) is 4.11. The number of anilines is 1. The van der Waals surface area contributed by atoms with Gasteiger partial charge in [-0.3, -0.25) is 0 Å². The first-order valence-corrected chi connectivity index (χ1v) is 6.81. The molecular weight excluding hydrogens is 245 g/mol. The van der Waals surface area contributed by atoms with Gasteiger partial charge in [-0.2, -0.15) is 0 Å². The molecule has 0 saturated carbocycles. The fourth-order valence-electron chi connectivity index (χ4n) is 2.69. The molecule has 3 atom stereocenters. The third-order valence-corrected chi connectivity index (χ3v) is 4.01. The molecule has 1 aromatic rings. The van der Waals surface area contributed by atoms with Crippen LogP contribution >= 0.6 is 0 Å². The molecular formula is C15H22FNO2. The molecule has 2 N–H and O–H groups in total. The number of aryl methyl sites for hydroxylation is 1. The maximum Gasteiger partial charge on any atom is 0.126 e. The molecule has 3 nitrogen and oxygen atoms in total. The predicted molar refractivity (Wildman–Crippen MR) is 73.8 cm³/mol. The monoisotopic (exact) mass is 267 g/mol. The summed E-state index contributed by atoms with van der Waals surface area (Å²) in [5, 5.41) is 19.5. The summed E-state index contributed by atoms with van der Waals surface area (Å²) in [5.41, 5.74) is 2.09. The summed E-state index contributed by atoms with van der Waals surface area (Å²) in [5.74, 6) is -0.0434. The Morgan fingerprint density at radius 2 is 2.00 bits per heavy atom. The lowest BCUT2D eigenvalue weighted by Crippen LogP contribution is -2.25. The van der Waals surface area contributed by atoms with Gasteiger partial charge in [-0.15, -0.1) is 0 Å². The molecule has 1 heterocycles. The van der Waals surface area contributed by atoms with Crippen LogP contribution in [-0.4, -0.2) is 29.4 Å². The fraction of sp³-hybridized carbons (Fsp3) is 0.600. The van der Waals surface area contributed by atoms with Crippen LogP contribution in [0, 0.1) is 18.7 Å². The molecule has 1 aliphatic rings. The van der Waals surface area contributed by atoms with E-state index in [4.69, 9.17) is 0 Å². The van der Waals surface area contributed by atoms with Gasteiger partial charge in [0.1, 0.15) is 5.82 Å². The van der Waals surface area contributed by atoms with Crippen molar-refractivity contribution in [2.75, 3.05) is 18.0 Å². The molecule has 1 aromatic carbocycles. The van der Waals surface area contributed by atoms with E-state index in [0.29, 0.717) is 11.1 Å². The zero-order valence-corrected chi connectivity index (χ0v) is 11.7. The van der Waals surface area contributed by atoms with Gasteiger partial charge in [0.05, 0.1) is 12.2 Å². The molecule has 0 amide bonds. The third-order valence-electron chi connectivity index (χ3n) is 4.01. The van der Waals surface area contributed by atoms with E-state index in [1.54, 1.807) is 26.8 Å². The molecule has 2 unspecified atom stereocenters. The van der Waals surface area contributed by atoms with Crippen LogP contribution < -0.4 is 4.90 Å². The van der Waals surface area contributed by atoms with Crippen molar-refractivity contribution in [3.05, 3.63) is 29.1 Å². The van der Waals surface area contributed by atoms with E-state index in [0.717, 1.165) is 25.2 Å². The molecule has 1 aliphatic heterocycles. The number of benzene rings is 1. The van der Waals surface area contributed by atoms with Crippen LogP contribution in [0.15, 0.2) is 12.1 Å². The van der Waals surface area contributed by atoms with Gasteiger partial charge >= 0.3 is 0 Å². The molecule has 0 aromatic heterocycles. The van der Waals surface area contributed by atoms with Crippen molar-refractivity contribution in [3.63, 3.8) is 0 Å². The number of aliphatic hydroxyl groups is 2. The summed E-state index contributed by atoms with van der Waals surface area (Å²) in [7, 11) is 0. The SMILES string of the molecule is Cc1cc(N2CCC(C(C)O)C2)c([C@@H](C)O)cc1F. The standard InChI is InChI=1S/C15H22FNO2/c1-9-6-15(13(11(3)19)7-14(9)16)17-5-4-12(8-17)10(2)18/h6-7,10-12,18-19H,4-5,8H2,1-3H3/t10?,11-,12?/m1/s1.